The third kappa shape index (κ3) is 3.21. The lowest BCUT2D eigenvalue weighted by Crippen LogP contribution is -2.17. The van der Waals surface area contributed by atoms with E-state index in [0.717, 1.165) is 33.4 Å². The summed E-state index contributed by atoms with van der Waals surface area (Å²) in [5, 5.41) is 5.69. The van der Waals surface area contributed by atoms with Crippen LogP contribution in [-0.4, -0.2) is 15.5 Å². The minimum atomic E-state index is -0.115. The van der Waals surface area contributed by atoms with Crippen LogP contribution in [0.4, 0.5) is 5.13 Å². The fourth-order valence-corrected chi connectivity index (χ4v) is 5.06. The van der Waals surface area contributed by atoms with Gasteiger partial charge < -0.3 is 4.57 Å². The van der Waals surface area contributed by atoms with Gasteiger partial charge in [0.05, 0.1) is 20.4 Å². The van der Waals surface area contributed by atoms with E-state index in [2.05, 4.69) is 38.4 Å². The average molecular weight is 404 g/mol. The Balaban J connectivity index is 1.44. The van der Waals surface area contributed by atoms with Crippen LogP contribution in [0.2, 0.25) is 0 Å². The summed E-state index contributed by atoms with van der Waals surface area (Å²) in [4.78, 5) is 17.6. The Labute approximate surface area is 170 Å². The van der Waals surface area contributed by atoms with E-state index in [1.807, 2.05) is 48.5 Å². The topological polar surface area (TPSA) is 46.9 Å². The van der Waals surface area contributed by atoms with E-state index in [1.165, 1.54) is 16.9 Å². The molecule has 0 spiro atoms. The van der Waals surface area contributed by atoms with Gasteiger partial charge in [-0.2, -0.15) is 0 Å². The van der Waals surface area contributed by atoms with Crippen molar-refractivity contribution in [2.24, 2.45) is 0 Å². The maximum absolute atomic E-state index is 13.0. The Kier molecular flexibility index (Phi) is 4.43. The molecule has 5 aromatic rings. The number of fused-ring (bicyclic) bond motifs is 2. The Morgan fingerprint density at radius 2 is 1.82 bits per heavy atom. The van der Waals surface area contributed by atoms with Crippen molar-refractivity contribution in [3.63, 3.8) is 0 Å². The molecular formula is C22H17N3OS2. The largest absolute Gasteiger partial charge is 0.335 e. The van der Waals surface area contributed by atoms with E-state index in [9.17, 15) is 4.79 Å². The van der Waals surface area contributed by atoms with Crippen molar-refractivity contribution in [3.05, 3.63) is 83.4 Å². The van der Waals surface area contributed by atoms with Gasteiger partial charge in [-0.3, -0.25) is 10.1 Å². The summed E-state index contributed by atoms with van der Waals surface area (Å²) in [5.74, 6) is -0.115. The predicted molar refractivity (Wildman–Crippen MR) is 118 cm³/mol. The van der Waals surface area contributed by atoms with Crippen molar-refractivity contribution < 1.29 is 4.79 Å². The minimum absolute atomic E-state index is 0.115. The Hall–Kier alpha value is -2.96. The number of nitrogens with zero attached hydrogens (tertiary/aromatic N) is 2. The molecule has 1 N–H and O–H groups in total. The summed E-state index contributed by atoms with van der Waals surface area (Å²) in [6.45, 7) is 0.757. The van der Waals surface area contributed by atoms with E-state index >= 15 is 0 Å². The maximum Gasteiger partial charge on any atom is 0.274 e. The zero-order valence-corrected chi connectivity index (χ0v) is 16.6. The molecule has 0 unspecified atom stereocenters. The van der Waals surface area contributed by atoms with E-state index in [1.54, 1.807) is 11.3 Å². The van der Waals surface area contributed by atoms with Crippen LogP contribution in [0.1, 0.15) is 16.1 Å². The van der Waals surface area contributed by atoms with Gasteiger partial charge >= 0.3 is 0 Å². The number of aromatic nitrogens is 2. The highest BCUT2D eigenvalue weighted by Gasteiger charge is 2.18. The molecule has 4 nitrogen and oxygen atoms in total. The summed E-state index contributed by atoms with van der Waals surface area (Å²) in [6.07, 6.45) is 0.877. The fourth-order valence-electron chi connectivity index (χ4n) is 3.38. The number of aryl methyl sites for hydroxylation is 2. The molecule has 0 saturated heterocycles. The molecule has 3 heterocycles. The van der Waals surface area contributed by atoms with E-state index in [-0.39, 0.29) is 5.91 Å². The first-order valence-electron chi connectivity index (χ1n) is 9.05. The second-order valence-electron chi connectivity index (χ2n) is 6.53. The number of hydrogen-bond donors (Lipinski definition) is 1. The molecule has 28 heavy (non-hydrogen) atoms. The molecule has 0 fully saturated rings. The van der Waals surface area contributed by atoms with Crippen LogP contribution in [0.25, 0.3) is 20.4 Å². The van der Waals surface area contributed by atoms with Crippen LogP contribution in [0.15, 0.2) is 72.1 Å². The van der Waals surface area contributed by atoms with Gasteiger partial charge in [-0.25, -0.2) is 4.98 Å². The van der Waals surface area contributed by atoms with Gasteiger partial charge in [0.1, 0.15) is 5.69 Å². The summed E-state index contributed by atoms with van der Waals surface area (Å²) in [7, 11) is 0. The van der Waals surface area contributed by atoms with Crippen LogP contribution >= 0.6 is 22.7 Å². The number of carbonyl (C=O) groups is 1. The molecule has 0 bridgehead atoms. The Bertz CT molecular complexity index is 1230. The van der Waals surface area contributed by atoms with Gasteiger partial charge in [-0.15, -0.1) is 11.3 Å². The third-order valence-corrected chi connectivity index (χ3v) is 6.54. The van der Waals surface area contributed by atoms with Crippen molar-refractivity contribution in [2.75, 3.05) is 5.32 Å². The highest BCUT2D eigenvalue weighted by molar-refractivity contribution is 7.22. The molecule has 0 saturated carbocycles. The van der Waals surface area contributed by atoms with E-state index in [0.29, 0.717) is 10.8 Å². The number of amides is 1. The summed E-state index contributed by atoms with van der Waals surface area (Å²) in [6, 6.07) is 22.3. The summed E-state index contributed by atoms with van der Waals surface area (Å²) < 4.78 is 4.31. The van der Waals surface area contributed by atoms with Gasteiger partial charge in [0.25, 0.3) is 5.91 Å². The lowest BCUT2D eigenvalue weighted by Gasteiger charge is -2.10. The molecule has 1 amide bonds. The SMILES string of the molecule is O=C(Nc1nc2ccccc2s1)c1cc2sccc2n1CCc1ccccc1. The highest BCUT2D eigenvalue weighted by atomic mass is 32.1. The Morgan fingerprint density at radius 3 is 2.68 bits per heavy atom. The molecule has 6 heteroatoms. The molecule has 0 aliphatic heterocycles. The number of benzene rings is 2. The zero-order chi connectivity index (χ0) is 18.9. The lowest BCUT2D eigenvalue weighted by molar-refractivity contribution is 0.101. The van der Waals surface area contributed by atoms with Crippen LogP contribution in [0.3, 0.4) is 0 Å². The molecule has 0 radical (unpaired) electrons. The fraction of sp³-hybridized carbons (Fsp3) is 0.0909. The molecule has 0 atom stereocenters. The van der Waals surface area contributed by atoms with Gasteiger partial charge in [-0.1, -0.05) is 53.8 Å². The van der Waals surface area contributed by atoms with E-state index in [4.69, 9.17) is 0 Å². The standard InChI is InChI=1S/C22H17N3OS2/c26-21(24-22-23-16-8-4-5-9-19(16)28-22)18-14-20-17(11-13-27-20)25(18)12-10-15-6-2-1-3-7-15/h1-9,11,13-14H,10,12H2,(H,23,24,26). The van der Waals surface area contributed by atoms with Crippen LogP contribution in [0.5, 0.6) is 0 Å². The van der Waals surface area contributed by atoms with Crippen molar-refractivity contribution in [1.82, 2.24) is 9.55 Å². The number of carbonyl (C=O) groups excluding carboxylic acids is 1. The highest BCUT2D eigenvalue weighted by Crippen LogP contribution is 2.28. The smallest absolute Gasteiger partial charge is 0.274 e. The number of thiazole rings is 1. The normalized spacial score (nSPS) is 11.3. The second-order valence-corrected chi connectivity index (χ2v) is 8.51. The summed E-state index contributed by atoms with van der Waals surface area (Å²) >= 11 is 3.15. The van der Waals surface area contributed by atoms with Crippen molar-refractivity contribution in [1.29, 1.82) is 0 Å². The average Bonchev–Trinajstić information content (AvgIpc) is 3.41. The van der Waals surface area contributed by atoms with Crippen LogP contribution < -0.4 is 5.32 Å². The van der Waals surface area contributed by atoms with Gasteiger partial charge in [0, 0.05) is 6.54 Å². The van der Waals surface area contributed by atoms with E-state index < -0.39 is 0 Å². The van der Waals surface area contributed by atoms with Crippen molar-refractivity contribution >= 4 is 54.1 Å². The monoisotopic (exact) mass is 403 g/mol. The van der Waals surface area contributed by atoms with Gasteiger partial charge in [-0.05, 0) is 41.6 Å². The second kappa shape index (κ2) is 7.22. The number of nitrogens with one attached hydrogen (secondary N) is 1. The number of thiophene rings is 1. The first kappa shape index (κ1) is 17.2. The van der Waals surface area contributed by atoms with Gasteiger partial charge in [0.2, 0.25) is 0 Å². The maximum atomic E-state index is 13.0. The Morgan fingerprint density at radius 1 is 1.00 bits per heavy atom. The molecule has 0 aliphatic carbocycles. The van der Waals surface area contributed by atoms with Gasteiger partial charge in [0.15, 0.2) is 5.13 Å². The number of hydrogen-bond acceptors (Lipinski definition) is 4. The number of para-hydroxylation sites is 1. The number of anilines is 1. The molecule has 138 valence electrons. The molecule has 2 aromatic carbocycles. The number of rotatable bonds is 5. The van der Waals surface area contributed by atoms with Crippen molar-refractivity contribution in [3.8, 4) is 0 Å². The van der Waals surface area contributed by atoms with Crippen LogP contribution in [-0.2, 0) is 13.0 Å². The first-order chi connectivity index (χ1) is 13.8. The van der Waals surface area contributed by atoms with Crippen LogP contribution in [0, 0.1) is 0 Å². The minimum Gasteiger partial charge on any atom is -0.335 e. The quantitative estimate of drug-likeness (QED) is 0.403. The summed E-state index contributed by atoms with van der Waals surface area (Å²) in [5.41, 5.74) is 3.95. The predicted octanol–water partition coefficient (Wildman–Crippen LogP) is 5.81. The zero-order valence-electron chi connectivity index (χ0n) is 15.0. The lowest BCUT2D eigenvalue weighted by atomic mass is 10.1. The first-order valence-corrected chi connectivity index (χ1v) is 10.7. The van der Waals surface area contributed by atoms with Crippen molar-refractivity contribution in [2.45, 2.75) is 13.0 Å². The molecule has 3 aromatic heterocycles. The molecular weight excluding hydrogens is 386 g/mol. The molecule has 5 rings (SSSR count). The molecule has 0 aliphatic rings. The third-order valence-electron chi connectivity index (χ3n) is 4.74.